The zero-order valence-electron chi connectivity index (χ0n) is 8.42. The van der Waals surface area contributed by atoms with E-state index in [0.29, 0.717) is 0 Å². The Hall–Kier alpha value is -2.36. The highest BCUT2D eigenvalue weighted by Crippen LogP contribution is 2.12. The molecule has 3 aromatic rings. The molecule has 78 valence electrons. The standard InChI is InChI=1S/C12H9N3O/c1-2-4-11-10(3-1)13-12(14-11)6-5-9-7-8-16-15-9/h1-8H,(H,13,14)/b6-5+. The average Bonchev–Trinajstić information content (AvgIpc) is 2.95. The second kappa shape index (κ2) is 3.66. The summed E-state index contributed by atoms with van der Waals surface area (Å²) in [7, 11) is 0. The topological polar surface area (TPSA) is 54.7 Å². The van der Waals surface area contributed by atoms with Gasteiger partial charge in [0, 0.05) is 6.07 Å². The van der Waals surface area contributed by atoms with E-state index in [0.717, 1.165) is 22.6 Å². The lowest BCUT2D eigenvalue weighted by Gasteiger charge is -1.82. The van der Waals surface area contributed by atoms with E-state index in [9.17, 15) is 0 Å². The van der Waals surface area contributed by atoms with Crippen molar-refractivity contribution in [2.45, 2.75) is 0 Å². The summed E-state index contributed by atoms with van der Waals surface area (Å²) in [5, 5.41) is 3.78. The molecule has 0 aliphatic rings. The Balaban J connectivity index is 1.95. The van der Waals surface area contributed by atoms with Gasteiger partial charge in [-0.3, -0.25) is 0 Å². The lowest BCUT2D eigenvalue weighted by Crippen LogP contribution is -1.73. The molecular weight excluding hydrogens is 202 g/mol. The summed E-state index contributed by atoms with van der Waals surface area (Å²) in [4.78, 5) is 7.61. The number of imidazole rings is 1. The van der Waals surface area contributed by atoms with E-state index in [1.165, 1.54) is 6.26 Å². The van der Waals surface area contributed by atoms with Crippen molar-refractivity contribution in [3.8, 4) is 0 Å². The lowest BCUT2D eigenvalue weighted by atomic mass is 10.3. The lowest BCUT2D eigenvalue weighted by molar-refractivity contribution is 0.418. The van der Waals surface area contributed by atoms with Crippen LogP contribution in [0.5, 0.6) is 0 Å². The Morgan fingerprint density at radius 2 is 2.06 bits per heavy atom. The van der Waals surface area contributed by atoms with Crippen LogP contribution in [0, 0.1) is 0 Å². The molecule has 2 heterocycles. The van der Waals surface area contributed by atoms with Crippen LogP contribution >= 0.6 is 0 Å². The number of nitrogens with zero attached hydrogens (tertiary/aromatic N) is 2. The van der Waals surface area contributed by atoms with Crippen LogP contribution in [0.3, 0.4) is 0 Å². The molecule has 1 aromatic carbocycles. The minimum Gasteiger partial charge on any atom is -0.364 e. The van der Waals surface area contributed by atoms with Crippen molar-refractivity contribution in [1.29, 1.82) is 0 Å². The Morgan fingerprint density at radius 3 is 2.88 bits per heavy atom. The molecule has 4 heteroatoms. The number of benzene rings is 1. The number of fused-ring (bicyclic) bond motifs is 1. The van der Waals surface area contributed by atoms with Gasteiger partial charge in [0.05, 0.1) is 11.0 Å². The number of H-pyrrole nitrogens is 1. The van der Waals surface area contributed by atoms with Crippen molar-refractivity contribution in [2.24, 2.45) is 0 Å². The smallest absolute Gasteiger partial charge is 0.131 e. The van der Waals surface area contributed by atoms with E-state index in [1.54, 1.807) is 6.07 Å². The molecule has 0 spiro atoms. The minimum atomic E-state index is 0.778. The Bertz CT molecular complexity index is 590. The predicted octanol–water partition coefficient (Wildman–Crippen LogP) is 2.72. The van der Waals surface area contributed by atoms with Crippen LogP contribution in [0.25, 0.3) is 23.2 Å². The van der Waals surface area contributed by atoms with E-state index in [1.807, 2.05) is 36.4 Å². The third kappa shape index (κ3) is 1.61. The van der Waals surface area contributed by atoms with Gasteiger partial charge in [-0.15, -0.1) is 0 Å². The molecule has 0 unspecified atom stereocenters. The first-order valence-corrected chi connectivity index (χ1v) is 4.95. The van der Waals surface area contributed by atoms with Crippen molar-refractivity contribution >= 4 is 23.2 Å². The fraction of sp³-hybridized carbons (Fsp3) is 0. The summed E-state index contributed by atoms with van der Waals surface area (Å²) >= 11 is 0. The Labute approximate surface area is 91.6 Å². The molecule has 1 N–H and O–H groups in total. The molecule has 0 fully saturated rings. The summed E-state index contributed by atoms with van der Waals surface area (Å²) in [5.74, 6) is 0.809. The highest BCUT2D eigenvalue weighted by Gasteiger charge is 1.98. The van der Waals surface area contributed by atoms with Crippen LogP contribution in [0.15, 0.2) is 41.1 Å². The van der Waals surface area contributed by atoms with Gasteiger partial charge in [0.2, 0.25) is 0 Å². The first-order chi connectivity index (χ1) is 7.92. The zero-order valence-corrected chi connectivity index (χ0v) is 8.42. The molecule has 0 amide bonds. The number of rotatable bonds is 2. The molecular formula is C12H9N3O. The summed E-state index contributed by atoms with van der Waals surface area (Å²) in [6.45, 7) is 0. The number of nitrogens with one attached hydrogen (secondary N) is 1. The largest absolute Gasteiger partial charge is 0.364 e. The maximum Gasteiger partial charge on any atom is 0.131 e. The molecule has 0 saturated heterocycles. The van der Waals surface area contributed by atoms with Crippen LogP contribution in [0.4, 0.5) is 0 Å². The molecule has 4 nitrogen and oxygen atoms in total. The molecule has 0 atom stereocenters. The monoisotopic (exact) mass is 211 g/mol. The SMILES string of the molecule is C(=C\c1nc2ccccc2[nH]1)/c1ccon1. The fourth-order valence-electron chi connectivity index (χ4n) is 1.52. The number of aromatic amines is 1. The fourth-order valence-corrected chi connectivity index (χ4v) is 1.52. The van der Waals surface area contributed by atoms with Gasteiger partial charge in [-0.05, 0) is 24.3 Å². The second-order valence-electron chi connectivity index (χ2n) is 3.40. The molecule has 0 bridgehead atoms. The maximum absolute atomic E-state index is 4.73. The van der Waals surface area contributed by atoms with E-state index >= 15 is 0 Å². The molecule has 0 aliphatic heterocycles. The molecule has 16 heavy (non-hydrogen) atoms. The maximum atomic E-state index is 4.73. The average molecular weight is 211 g/mol. The second-order valence-corrected chi connectivity index (χ2v) is 3.40. The zero-order chi connectivity index (χ0) is 10.8. The van der Waals surface area contributed by atoms with Crippen LogP contribution in [0.1, 0.15) is 11.5 Å². The van der Waals surface area contributed by atoms with Crippen molar-refractivity contribution in [1.82, 2.24) is 15.1 Å². The van der Waals surface area contributed by atoms with Crippen molar-refractivity contribution in [3.05, 3.63) is 48.1 Å². The van der Waals surface area contributed by atoms with Gasteiger partial charge in [-0.1, -0.05) is 17.3 Å². The van der Waals surface area contributed by atoms with E-state index < -0.39 is 0 Å². The van der Waals surface area contributed by atoms with Crippen molar-refractivity contribution in [3.63, 3.8) is 0 Å². The normalized spacial score (nSPS) is 11.5. The number of para-hydroxylation sites is 2. The molecule has 0 radical (unpaired) electrons. The van der Waals surface area contributed by atoms with E-state index in [4.69, 9.17) is 4.52 Å². The van der Waals surface area contributed by atoms with Gasteiger partial charge in [0.25, 0.3) is 0 Å². The molecule has 3 rings (SSSR count). The quantitative estimate of drug-likeness (QED) is 0.709. The van der Waals surface area contributed by atoms with Gasteiger partial charge < -0.3 is 9.51 Å². The first kappa shape index (κ1) is 8.91. The summed E-state index contributed by atoms with van der Waals surface area (Å²) in [6.07, 6.45) is 5.26. The Morgan fingerprint density at radius 1 is 1.12 bits per heavy atom. The van der Waals surface area contributed by atoms with E-state index in [-0.39, 0.29) is 0 Å². The van der Waals surface area contributed by atoms with Crippen LogP contribution in [0.2, 0.25) is 0 Å². The molecule has 0 aliphatic carbocycles. The highest BCUT2D eigenvalue weighted by molar-refractivity contribution is 5.78. The molecule has 2 aromatic heterocycles. The summed E-state index contributed by atoms with van der Waals surface area (Å²) in [5.41, 5.74) is 2.77. The first-order valence-electron chi connectivity index (χ1n) is 4.95. The van der Waals surface area contributed by atoms with Crippen LogP contribution in [-0.2, 0) is 0 Å². The number of hydrogen-bond acceptors (Lipinski definition) is 3. The van der Waals surface area contributed by atoms with Crippen molar-refractivity contribution < 1.29 is 4.52 Å². The van der Waals surface area contributed by atoms with Gasteiger partial charge in [-0.2, -0.15) is 0 Å². The predicted molar refractivity (Wildman–Crippen MR) is 61.5 cm³/mol. The van der Waals surface area contributed by atoms with Gasteiger partial charge in [0.1, 0.15) is 17.8 Å². The van der Waals surface area contributed by atoms with E-state index in [2.05, 4.69) is 15.1 Å². The van der Waals surface area contributed by atoms with Gasteiger partial charge >= 0.3 is 0 Å². The Kier molecular flexibility index (Phi) is 2.04. The summed E-state index contributed by atoms with van der Waals surface area (Å²) in [6, 6.07) is 9.70. The highest BCUT2D eigenvalue weighted by atomic mass is 16.5. The third-order valence-electron chi connectivity index (χ3n) is 2.28. The number of aromatic nitrogens is 3. The summed E-state index contributed by atoms with van der Waals surface area (Å²) < 4.78 is 4.73. The minimum absolute atomic E-state index is 0.778. The van der Waals surface area contributed by atoms with Gasteiger partial charge in [-0.25, -0.2) is 4.98 Å². The third-order valence-corrected chi connectivity index (χ3v) is 2.28. The number of hydrogen-bond donors (Lipinski definition) is 1. The molecule has 0 saturated carbocycles. The van der Waals surface area contributed by atoms with Gasteiger partial charge in [0.15, 0.2) is 0 Å². The van der Waals surface area contributed by atoms with Crippen LogP contribution in [-0.4, -0.2) is 15.1 Å². The van der Waals surface area contributed by atoms with Crippen molar-refractivity contribution in [2.75, 3.05) is 0 Å². The van der Waals surface area contributed by atoms with Crippen LogP contribution < -0.4 is 0 Å².